The van der Waals surface area contributed by atoms with E-state index in [2.05, 4.69) is 72.7 Å². The van der Waals surface area contributed by atoms with E-state index < -0.39 is 5.97 Å². The monoisotopic (exact) mass is 354 g/mol. The van der Waals surface area contributed by atoms with Crippen LogP contribution in [0, 0.1) is 5.92 Å². The van der Waals surface area contributed by atoms with Gasteiger partial charge in [-0.3, -0.25) is 0 Å². The minimum absolute atomic E-state index is 0.118. The molecule has 0 aromatic heterocycles. The van der Waals surface area contributed by atoms with Crippen LogP contribution in [0.15, 0.2) is 42.0 Å². The lowest BCUT2D eigenvalue weighted by Crippen LogP contribution is -2.18. The third kappa shape index (κ3) is 4.66. The van der Waals surface area contributed by atoms with Gasteiger partial charge in [-0.15, -0.1) is 0 Å². The highest BCUT2D eigenvalue weighted by molar-refractivity contribution is 5.81. The van der Waals surface area contributed by atoms with E-state index in [1.807, 2.05) is 13.0 Å². The van der Waals surface area contributed by atoms with Crippen LogP contribution in [0.4, 0.5) is 0 Å². The summed E-state index contributed by atoms with van der Waals surface area (Å²) in [5.74, 6) is -0.430. The molecule has 0 saturated heterocycles. The molecule has 1 saturated carbocycles. The fourth-order valence-corrected chi connectivity index (χ4v) is 3.34. The number of rotatable bonds is 4. The molecular weight excluding hydrogens is 320 g/mol. The summed E-state index contributed by atoms with van der Waals surface area (Å²) in [6.45, 7) is 17.8. The molecule has 0 aliphatic heterocycles. The highest BCUT2D eigenvalue weighted by Crippen LogP contribution is 2.55. The van der Waals surface area contributed by atoms with Crippen LogP contribution in [0.1, 0.15) is 78.5 Å². The zero-order valence-corrected chi connectivity index (χ0v) is 17.6. The van der Waals surface area contributed by atoms with Crippen LogP contribution in [-0.4, -0.2) is 11.1 Å². The van der Waals surface area contributed by atoms with Crippen molar-refractivity contribution in [1.29, 1.82) is 0 Å². The molecule has 2 heteroatoms. The van der Waals surface area contributed by atoms with Gasteiger partial charge in [0.1, 0.15) is 0 Å². The van der Waals surface area contributed by atoms with Gasteiger partial charge in [-0.05, 0) is 57.8 Å². The van der Waals surface area contributed by atoms with E-state index in [0.717, 1.165) is 12.0 Å². The van der Waals surface area contributed by atoms with Crippen molar-refractivity contribution in [3.63, 3.8) is 0 Å². The number of hydrogen-bond donors (Lipinski definition) is 1. The van der Waals surface area contributed by atoms with Gasteiger partial charge < -0.3 is 5.11 Å². The van der Waals surface area contributed by atoms with Gasteiger partial charge in [0, 0.05) is 6.08 Å². The first-order chi connectivity index (χ1) is 11.7. The molecule has 1 aliphatic carbocycles. The highest BCUT2D eigenvalue weighted by atomic mass is 16.4. The highest BCUT2D eigenvalue weighted by Gasteiger charge is 2.50. The standard InChI is InChI=1S/C24H34O2/c1-16(11-21(25)26)9-10-17-15-24(17,8)20-13-18(22(2,3)4)12-19(14-20)23(5,6)7/h9-14,17H,15H2,1-8H3,(H,25,26)/b10-9+,16-11+/t17-,24+/m1/s1. The van der Waals surface area contributed by atoms with E-state index >= 15 is 0 Å². The third-order valence-corrected chi connectivity index (χ3v) is 5.57. The molecular formula is C24H34O2. The maximum Gasteiger partial charge on any atom is 0.328 e. The number of aliphatic carboxylic acids is 1. The summed E-state index contributed by atoms with van der Waals surface area (Å²) in [6.07, 6.45) is 6.49. The number of hydrogen-bond acceptors (Lipinski definition) is 1. The Morgan fingerprint density at radius 2 is 1.58 bits per heavy atom. The fourth-order valence-electron chi connectivity index (χ4n) is 3.34. The first kappa shape index (κ1) is 20.5. The molecule has 1 N–H and O–H groups in total. The second-order valence-corrected chi connectivity index (χ2v) is 10.1. The van der Waals surface area contributed by atoms with E-state index in [1.54, 1.807) is 0 Å². The van der Waals surface area contributed by atoms with Gasteiger partial charge in [0.2, 0.25) is 0 Å². The molecule has 2 rings (SSSR count). The fraction of sp³-hybridized carbons (Fsp3) is 0.542. The van der Waals surface area contributed by atoms with Gasteiger partial charge in [0.05, 0.1) is 0 Å². The second-order valence-electron chi connectivity index (χ2n) is 10.1. The lowest BCUT2D eigenvalue weighted by molar-refractivity contribution is -0.131. The molecule has 2 atom stereocenters. The summed E-state index contributed by atoms with van der Waals surface area (Å²) in [6, 6.07) is 7.12. The molecule has 0 bridgehead atoms. The summed E-state index contributed by atoms with van der Waals surface area (Å²) in [4.78, 5) is 10.8. The smallest absolute Gasteiger partial charge is 0.328 e. The molecule has 1 aromatic carbocycles. The van der Waals surface area contributed by atoms with Gasteiger partial charge in [0.25, 0.3) is 0 Å². The molecule has 26 heavy (non-hydrogen) atoms. The van der Waals surface area contributed by atoms with Crippen LogP contribution in [0.3, 0.4) is 0 Å². The van der Waals surface area contributed by atoms with E-state index in [-0.39, 0.29) is 16.2 Å². The molecule has 0 heterocycles. The summed E-state index contributed by atoms with van der Waals surface area (Å²) in [5.41, 5.74) is 5.34. The van der Waals surface area contributed by atoms with E-state index in [9.17, 15) is 4.79 Å². The largest absolute Gasteiger partial charge is 0.478 e. The van der Waals surface area contributed by atoms with Crippen molar-refractivity contribution in [3.05, 3.63) is 58.7 Å². The minimum Gasteiger partial charge on any atom is -0.478 e. The molecule has 142 valence electrons. The van der Waals surface area contributed by atoms with Crippen LogP contribution < -0.4 is 0 Å². The van der Waals surface area contributed by atoms with E-state index in [1.165, 1.54) is 22.8 Å². The van der Waals surface area contributed by atoms with Crippen molar-refractivity contribution in [2.75, 3.05) is 0 Å². The predicted molar refractivity (Wildman–Crippen MR) is 110 cm³/mol. The molecule has 0 spiro atoms. The number of carboxylic acid groups (broad SMARTS) is 1. The second kappa shape index (κ2) is 6.72. The van der Waals surface area contributed by atoms with Crippen LogP contribution in [0.5, 0.6) is 0 Å². The first-order valence-electron chi connectivity index (χ1n) is 9.49. The molecule has 1 aliphatic rings. The van der Waals surface area contributed by atoms with Crippen molar-refractivity contribution in [3.8, 4) is 0 Å². The predicted octanol–water partition coefficient (Wildman–Crippen LogP) is 6.15. The lowest BCUT2D eigenvalue weighted by atomic mass is 9.77. The van der Waals surface area contributed by atoms with Crippen LogP contribution in [-0.2, 0) is 21.0 Å². The van der Waals surface area contributed by atoms with Crippen molar-refractivity contribution < 1.29 is 9.90 Å². The summed E-state index contributed by atoms with van der Waals surface area (Å²) in [7, 11) is 0. The zero-order chi connectivity index (χ0) is 19.9. The summed E-state index contributed by atoms with van der Waals surface area (Å²) in [5, 5.41) is 8.85. The van der Waals surface area contributed by atoms with Gasteiger partial charge >= 0.3 is 5.97 Å². The maximum atomic E-state index is 10.8. The molecule has 0 radical (unpaired) electrons. The summed E-state index contributed by atoms with van der Waals surface area (Å²) < 4.78 is 0. The van der Waals surface area contributed by atoms with E-state index in [0.29, 0.717) is 5.92 Å². The Balaban J connectivity index is 2.37. The minimum atomic E-state index is -0.890. The van der Waals surface area contributed by atoms with Gasteiger partial charge in [-0.25, -0.2) is 4.79 Å². The number of carboxylic acids is 1. The molecule has 0 amide bonds. The molecule has 1 aromatic rings. The van der Waals surface area contributed by atoms with Crippen LogP contribution in [0.2, 0.25) is 0 Å². The Labute approximate surface area is 159 Å². The molecule has 2 nitrogen and oxygen atoms in total. The molecule has 0 unspecified atom stereocenters. The lowest BCUT2D eigenvalue weighted by Gasteiger charge is -2.27. The van der Waals surface area contributed by atoms with E-state index in [4.69, 9.17) is 5.11 Å². The Kier molecular flexibility index (Phi) is 5.29. The number of benzene rings is 1. The van der Waals surface area contributed by atoms with Gasteiger partial charge in [-0.2, -0.15) is 0 Å². The Morgan fingerprint density at radius 1 is 1.08 bits per heavy atom. The van der Waals surface area contributed by atoms with Crippen LogP contribution >= 0.6 is 0 Å². The Hall–Kier alpha value is -1.83. The summed E-state index contributed by atoms with van der Waals surface area (Å²) >= 11 is 0. The van der Waals surface area contributed by atoms with Crippen molar-refractivity contribution >= 4 is 5.97 Å². The molecule has 1 fully saturated rings. The normalized spacial score (nSPS) is 24.2. The van der Waals surface area contributed by atoms with Gasteiger partial charge in [-0.1, -0.05) is 78.8 Å². The topological polar surface area (TPSA) is 37.3 Å². The number of allylic oxidation sites excluding steroid dienone is 3. The quantitative estimate of drug-likeness (QED) is 0.520. The average Bonchev–Trinajstić information content (AvgIpc) is 3.14. The first-order valence-corrected chi connectivity index (χ1v) is 9.49. The van der Waals surface area contributed by atoms with Gasteiger partial charge in [0.15, 0.2) is 0 Å². The third-order valence-electron chi connectivity index (χ3n) is 5.57. The SMILES string of the molecule is CC(/C=C/[C@@H]1C[C@]1(C)c1cc(C(C)(C)C)cc(C(C)(C)C)c1)=C\C(=O)O. The number of carbonyl (C=O) groups is 1. The maximum absolute atomic E-state index is 10.8. The van der Waals surface area contributed by atoms with Crippen molar-refractivity contribution in [2.45, 2.75) is 78.1 Å². The Morgan fingerprint density at radius 3 is 2.00 bits per heavy atom. The van der Waals surface area contributed by atoms with Crippen molar-refractivity contribution in [1.82, 2.24) is 0 Å². The Bertz CT molecular complexity index is 721. The van der Waals surface area contributed by atoms with Crippen molar-refractivity contribution in [2.24, 2.45) is 5.92 Å². The van der Waals surface area contributed by atoms with Crippen LogP contribution in [0.25, 0.3) is 0 Å². The zero-order valence-electron chi connectivity index (χ0n) is 17.6. The average molecular weight is 355 g/mol.